The Morgan fingerprint density at radius 2 is 2.10 bits per heavy atom. The van der Waals surface area contributed by atoms with Crippen LogP contribution in [0.25, 0.3) is 5.95 Å². The third-order valence-electron chi connectivity index (χ3n) is 2.04. The Bertz CT molecular complexity index is 669. The van der Waals surface area contributed by atoms with Crippen molar-refractivity contribution in [2.75, 3.05) is 30.4 Å². The number of hydrogen-bond donors (Lipinski definition) is 3. The molecular formula is C8H13N9O2S. The van der Waals surface area contributed by atoms with Gasteiger partial charge < -0.3 is 11.1 Å². The zero-order valence-electron chi connectivity index (χ0n) is 10.6. The molecule has 0 fully saturated rings. The standard InChI is InChI=1S/C8H13N9O2S/c1-20(18,19)13-3-2-11-7-14-6(9)15-8(16-7)17-5-10-4-12-17/h4-5,13H,2-3H2,1H3,(H3,9,11,14,15,16). The van der Waals surface area contributed by atoms with Crippen LogP contribution in [-0.2, 0) is 10.0 Å². The Kier molecular flexibility index (Phi) is 4.05. The summed E-state index contributed by atoms with van der Waals surface area (Å²) < 4.78 is 25.4. The highest BCUT2D eigenvalue weighted by molar-refractivity contribution is 7.88. The lowest BCUT2D eigenvalue weighted by Crippen LogP contribution is -2.28. The van der Waals surface area contributed by atoms with Gasteiger partial charge in [-0.25, -0.2) is 18.1 Å². The Balaban J connectivity index is 2.02. The monoisotopic (exact) mass is 299 g/mol. The predicted octanol–water partition coefficient (Wildman–Crippen LogP) is -2.00. The van der Waals surface area contributed by atoms with Gasteiger partial charge in [0.2, 0.25) is 21.9 Å². The van der Waals surface area contributed by atoms with Crippen molar-refractivity contribution in [2.45, 2.75) is 0 Å². The van der Waals surface area contributed by atoms with Crippen molar-refractivity contribution in [1.29, 1.82) is 0 Å². The fourth-order valence-corrected chi connectivity index (χ4v) is 1.76. The van der Waals surface area contributed by atoms with Crippen molar-refractivity contribution < 1.29 is 8.42 Å². The van der Waals surface area contributed by atoms with E-state index in [1.165, 1.54) is 17.3 Å². The summed E-state index contributed by atoms with van der Waals surface area (Å²) in [5, 5.41) is 6.70. The molecule has 0 saturated heterocycles. The summed E-state index contributed by atoms with van der Waals surface area (Å²) in [6.45, 7) is 0.496. The van der Waals surface area contributed by atoms with E-state index in [1.54, 1.807) is 0 Å². The molecule has 4 N–H and O–H groups in total. The minimum atomic E-state index is -3.22. The third-order valence-corrected chi connectivity index (χ3v) is 2.77. The van der Waals surface area contributed by atoms with E-state index in [9.17, 15) is 8.42 Å². The predicted molar refractivity (Wildman–Crippen MR) is 70.5 cm³/mol. The summed E-state index contributed by atoms with van der Waals surface area (Å²) in [6.07, 6.45) is 3.84. The van der Waals surface area contributed by atoms with E-state index in [0.717, 1.165) is 6.26 Å². The second-order valence-corrected chi connectivity index (χ2v) is 5.58. The van der Waals surface area contributed by atoms with Crippen LogP contribution in [0.1, 0.15) is 0 Å². The minimum absolute atomic E-state index is 0.0177. The van der Waals surface area contributed by atoms with E-state index in [2.05, 4.69) is 35.1 Å². The molecule has 2 rings (SSSR count). The SMILES string of the molecule is CS(=O)(=O)NCCNc1nc(N)nc(-n2cncn2)n1. The summed E-state index contributed by atoms with van der Waals surface area (Å²) >= 11 is 0. The molecule has 2 aromatic heterocycles. The van der Waals surface area contributed by atoms with Crippen molar-refractivity contribution in [1.82, 2.24) is 34.4 Å². The first-order valence-corrected chi connectivity index (χ1v) is 7.38. The molecule has 0 radical (unpaired) electrons. The van der Waals surface area contributed by atoms with Crippen LogP contribution in [0.4, 0.5) is 11.9 Å². The molecule has 0 atom stereocenters. The molecular weight excluding hydrogens is 286 g/mol. The molecule has 11 nitrogen and oxygen atoms in total. The first kappa shape index (κ1) is 14.1. The molecule has 0 amide bonds. The number of nitrogens with two attached hydrogens (primary N) is 1. The number of nitrogens with zero attached hydrogens (tertiary/aromatic N) is 6. The van der Waals surface area contributed by atoms with Gasteiger partial charge in [-0.15, -0.1) is 0 Å². The highest BCUT2D eigenvalue weighted by Crippen LogP contribution is 2.05. The molecule has 0 bridgehead atoms. The van der Waals surface area contributed by atoms with Crippen molar-refractivity contribution in [3.8, 4) is 5.95 Å². The van der Waals surface area contributed by atoms with Gasteiger partial charge in [-0.2, -0.15) is 24.7 Å². The molecule has 0 spiro atoms. The zero-order chi connectivity index (χ0) is 14.6. The molecule has 0 aromatic carbocycles. The maximum absolute atomic E-state index is 10.9. The second kappa shape index (κ2) is 5.75. The summed E-state index contributed by atoms with van der Waals surface area (Å²) in [4.78, 5) is 15.6. The Hall–Kier alpha value is -2.34. The summed E-state index contributed by atoms with van der Waals surface area (Å²) in [5.74, 6) is 0.455. The highest BCUT2D eigenvalue weighted by Gasteiger charge is 2.07. The molecule has 0 aliphatic rings. The fraction of sp³-hybridized carbons (Fsp3) is 0.375. The largest absolute Gasteiger partial charge is 0.368 e. The lowest BCUT2D eigenvalue weighted by atomic mass is 10.6. The van der Waals surface area contributed by atoms with Crippen molar-refractivity contribution >= 4 is 21.9 Å². The van der Waals surface area contributed by atoms with Gasteiger partial charge in [0, 0.05) is 13.1 Å². The van der Waals surface area contributed by atoms with Gasteiger partial charge in [-0.3, -0.25) is 0 Å². The van der Waals surface area contributed by atoms with Gasteiger partial charge in [0.1, 0.15) is 12.7 Å². The Labute approximate surface area is 114 Å². The lowest BCUT2D eigenvalue weighted by Gasteiger charge is -2.07. The van der Waals surface area contributed by atoms with Crippen LogP contribution < -0.4 is 15.8 Å². The van der Waals surface area contributed by atoms with Crippen LogP contribution >= 0.6 is 0 Å². The van der Waals surface area contributed by atoms with Crippen molar-refractivity contribution in [3.05, 3.63) is 12.7 Å². The van der Waals surface area contributed by atoms with E-state index in [1.807, 2.05) is 0 Å². The zero-order valence-corrected chi connectivity index (χ0v) is 11.4. The summed E-state index contributed by atoms with van der Waals surface area (Å²) in [5.41, 5.74) is 5.56. The average Bonchev–Trinajstić information content (AvgIpc) is 2.86. The minimum Gasteiger partial charge on any atom is -0.368 e. The van der Waals surface area contributed by atoms with E-state index in [0.29, 0.717) is 6.54 Å². The van der Waals surface area contributed by atoms with Gasteiger partial charge in [0.25, 0.3) is 5.95 Å². The van der Waals surface area contributed by atoms with Crippen LogP contribution in [0.5, 0.6) is 0 Å². The Morgan fingerprint density at radius 1 is 1.30 bits per heavy atom. The second-order valence-electron chi connectivity index (χ2n) is 3.75. The number of sulfonamides is 1. The number of hydrogen-bond acceptors (Lipinski definition) is 9. The molecule has 0 unspecified atom stereocenters. The summed E-state index contributed by atoms with van der Waals surface area (Å²) in [6, 6.07) is 0. The normalized spacial score (nSPS) is 11.4. The Morgan fingerprint density at radius 3 is 2.75 bits per heavy atom. The quantitative estimate of drug-likeness (QED) is 0.513. The van der Waals surface area contributed by atoms with Gasteiger partial charge in [-0.1, -0.05) is 0 Å². The van der Waals surface area contributed by atoms with E-state index >= 15 is 0 Å². The lowest BCUT2D eigenvalue weighted by molar-refractivity contribution is 0.589. The maximum Gasteiger partial charge on any atom is 0.258 e. The average molecular weight is 299 g/mol. The molecule has 2 aromatic rings. The van der Waals surface area contributed by atoms with Gasteiger partial charge in [-0.05, 0) is 0 Å². The number of aromatic nitrogens is 6. The van der Waals surface area contributed by atoms with E-state index in [-0.39, 0.29) is 24.4 Å². The van der Waals surface area contributed by atoms with Crippen molar-refractivity contribution in [3.63, 3.8) is 0 Å². The number of rotatable bonds is 6. The smallest absolute Gasteiger partial charge is 0.258 e. The molecule has 2 heterocycles. The number of nitrogens with one attached hydrogen (secondary N) is 2. The first-order valence-electron chi connectivity index (χ1n) is 5.49. The van der Waals surface area contributed by atoms with Crippen LogP contribution in [0, 0.1) is 0 Å². The van der Waals surface area contributed by atoms with E-state index in [4.69, 9.17) is 5.73 Å². The molecule has 0 aliphatic carbocycles. The fourth-order valence-electron chi connectivity index (χ4n) is 1.28. The number of anilines is 2. The van der Waals surface area contributed by atoms with E-state index < -0.39 is 10.0 Å². The maximum atomic E-state index is 10.9. The third kappa shape index (κ3) is 4.10. The van der Waals surface area contributed by atoms with Crippen LogP contribution in [-0.4, -0.2) is 57.5 Å². The molecule has 0 saturated carbocycles. The first-order chi connectivity index (χ1) is 9.44. The molecule has 20 heavy (non-hydrogen) atoms. The van der Waals surface area contributed by atoms with Crippen molar-refractivity contribution in [2.24, 2.45) is 0 Å². The van der Waals surface area contributed by atoms with Gasteiger partial charge >= 0.3 is 0 Å². The number of nitrogen functional groups attached to an aromatic ring is 1. The summed E-state index contributed by atoms with van der Waals surface area (Å²) in [7, 11) is -3.22. The highest BCUT2D eigenvalue weighted by atomic mass is 32.2. The molecule has 0 aliphatic heterocycles. The van der Waals surface area contributed by atoms with Crippen LogP contribution in [0.2, 0.25) is 0 Å². The van der Waals surface area contributed by atoms with Gasteiger partial charge in [0.15, 0.2) is 0 Å². The molecule has 108 valence electrons. The van der Waals surface area contributed by atoms with Crippen LogP contribution in [0.15, 0.2) is 12.7 Å². The van der Waals surface area contributed by atoms with Gasteiger partial charge in [0.05, 0.1) is 6.26 Å². The molecule has 12 heteroatoms. The van der Waals surface area contributed by atoms with Crippen LogP contribution in [0.3, 0.4) is 0 Å². The topological polar surface area (TPSA) is 154 Å².